The first-order chi connectivity index (χ1) is 10.2. The molecule has 1 aromatic rings. The molecule has 0 amide bonds. The van der Waals surface area contributed by atoms with Crippen LogP contribution in [-0.4, -0.2) is 64.1 Å². The van der Waals surface area contributed by atoms with Crippen molar-refractivity contribution in [2.45, 2.75) is 16.2 Å². The van der Waals surface area contributed by atoms with E-state index in [2.05, 4.69) is 0 Å². The first-order valence-electron chi connectivity index (χ1n) is 6.84. The van der Waals surface area contributed by atoms with E-state index in [4.69, 9.17) is 0 Å². The Labute approximate surface area is 136 Å². The normalized spacial score (nSPS) is 19.0. The summed E-state index contributed by atoms with van der Waals surface area (Å²) < 4.78 is 51.2. The second-order valence-electron chi connectivity index (χ2n) is 5.10. The summed E-state index contributed by atoms with van der Waals surface area (Å²) in [5, 5.41) is 0. The molecule has 9 heteroatoms. The van der Waals surface area contributed by atoms with Crippen LogP contribution in [-0.2, 0) is 20.0 Å². The van der Waals surface area contributed by atoms with E-state index in [9.17, 15) is 16.8 Å². The minimum atomic E-state index is -3.58. The standard InChI is InChI=1S/C13H20N2O4S3/c1-20-12-4-6-13(7-5-12)22(18,19)15-9-3-8-14(10-11-15)21(2,16)17/h4-7H,3,8-11H2,1-2H3. The molecule has 0 atom stereocenters. The topological polar surface area (TPSA) is 74.8 Å². The van der Waals surface area contributed by atoms with E-state index in [0.29, 0.717) is 19.5 Å². The molecule has 1 aliphatic rings. The Morgan fingerprint density at radius 2 is 1.45 bits per heavy atom. The van der Waals surface area contributed by atoms with E-state index >= 15 is 0 Å². The Morgan fingerprint density at radius 3 is 2.00 bits per heavy atom. The van der Waals surface area contributed by atoms with Crippen molar-refractivity contribution in [3.63, 3.8) is 0 Å². The quantitative estimate of drug-likeness (QED) is 0.747. The van der Waals surface area contributed by atoms with Gasteiger partial charge in [0.05, 0.1) is 11.2 Å². The van der Waals surface area contributed by atoms with Crippen LogP contribution in [0.2, 0.25) is 0 Å². The lowest BCUT2D eigenvalue weighted by atomic mass is 10.4. The van der Waals surface area contributed by atoms with Gasteiger partial charge in [-0.25, -0.2) is 21.1 Å². The van der Waals surface area contributed by atoms with Gasteiger partial charge in [-0.1, -0.05) is 0 Å². The van der Waals surface area contributed by atoms with Gasteiger partial charge in [-0.05, 0) is 36.9 Å². The molecule has 1 saturated heterocycles. The second-order valence-corrected chi connectivity index (χ2v) is 9.90. The first-order valence-corrected chi connectivity index (χ1v) is 11.4. The summed E-state index contributed by atoms with van der Waals surface area (Å²) >= 11 is 1.55. The first kappa shape index (κ1) is 17.7. The molecule has 0 saturated carbocycles. The van der Waals surface area contributed by atoms with Gasteiger partial charge in [0.25, 0.3) is 0 Å². The molecule has 0 aliphatic carbocycles. The third-order valence-corrected chi connectivity index (χ3v) is 7.54. The zero-order valence-corrected chi connectivity index (χ0v) is 15.0. The molecule has 0 aromatic heterocycles. The highest BCUT2D eigenvalue weighted by molar-refractivity contribution is 7.98. The van der Waals surface area contributed by atoms with Gasteiger partial charge in [-0.3, -0.25) is 0 Å². The molecule has 1 fully saturated rings. The highest BCUT2D eigenvalue weighted by atomic mass is 32.2. The highest BCUT2D eigenvalue weighted by Gasteiger charge is 2.29. The van der Waals surface area contributed by atoms with E-state index in [1.807, 2.05) is 6.26 Å². The Balaban J connectivity index is 2.19. The van der Waals surface area contributed by atoms with Crippen LogP contribution in [0, 0.1) is 0 Å². The van der Waals surface area contributed by atoms with E-state index < -0.39 is 20.0 Å². The smallest absolute Gasteiger partial charge is 0.213 e. The molecule has 0 unspecified atom stereocenters. The Bertz CT molecular complexity index is 714. The van der Waals surface area contributed by atoms with Gasteiger partial charge in [-0.2, -0.15) is 4.31 Å². The van der Waals surface area contributed by atoms with Crippen LogP contribution in [0.25, 0.3) is 0 Å². The fourth-order valence-corrected chi connectivity index (χ4v) is 5.09. The van der Waals surface area contributed by atoms with Crippen molar-refractivity contribution in [1.29, 1.82) is 0 Å². The number of sulfonamides is 2. The maximum absolute atomic E-state index is 12.6. The average molecular weight is 365 g/mol. The van der Waals surface area contributed by atoms with Gasteiger partial charge >= 0.3 is 0 Å². The van der Waals surface area contributed by atoms with Crippen molar-refractivity contribution in [1.82, 2.24) is 8.61 Å². The van der Waals surface area contributed by atoms with E-state index in [1.54, 1.807) is 36.0 Å². The molecule has 1 aliphatic heterocycles. The average Bonchev–Trinajstić information content (AvgIpc) is 2.73. The highest BCUT2D eigenvalue weighted by Crippen LogP contribution is 2.21. The number of thioether (sulfide) groups is 1. The summed E-state index contributed by atoms with van der Waals surface area (Å²) in [5.74, 6) is 0. The molecule has 6 nitrogen and oxygen atoms in total. The van der Waals surface area contributed by atoms with Crippen LogP contribution in [0.1, 0.15) is 6.42 Å². The monoisotopic (exact) mass is 364 g/mol. The van der Waals surface area contributed by atoms with Crippen LogP contribution < -0.4 is 0 Å². The predicted molar refractivity (Wildman–Crippen MR) is 88.0 cm³/mol. The fraction of sp³-hybridized carbons (Fsp3) is 0.538. The SMILES string of the molecule is CSc1ccc(S(=O)(=O)N2CCCN(S(C)(=O)=O)CC2)cc1. The number of hydrogen-bond donors (Lipinski definition) is 0. The number of rotatable bonds is 4. The van der Waals surface area contributed by atoms with E-state index in [-0.39, 0.29) is 18.0 Å². The largest absolute Gasteiger partial charge is 0.243 e. The molecule has 0 radical (unpaired) electrons. The third kappa shape index (κ3) is 4.02. The summed E-state index contributed by atoms with van der Waals surface area (Å²) in [6, 6.07) is 6.75. The van der Waals surface area contributed by atoms with Crippen molar-refractivity contribution < 1.29 is 16.8 Å². The number of nitrogens with zero attached hydrogens (tertiary/aromatic N) is 2. The van der Waals surface area contributed by atoms with E-state index in [1.165, 1.54) is 8.61 Å². The summed E-state index contributed by atoms with van der Waals surface area (Å²) in [7, 11) is -6.86. The zero-order chi connectivity index (χ0) is 16.4. The van der Waals surface area contributed by atoms with Gasteiger partial charge in [-0.15, -0.1) is 11.8 Å². The molecule has 2 rings (SSSR count). The molecular formula is C13H20N2O4S3. The maximum atomic E-state index is 12.6. The molecule has 0 bridgehead atoms. The van der Waals surface area contributed by atoms with Crippen molar-refractivity contribution in [2.24, 2.45) is 0 Å². The summed E-state index contributed by atoms with van der Waals surface area (Å²) in [5.41, 5.74) is 0. The van der Waals surface area contributed by atoms with Crippen LogP contribution in [0.5, 0.6) is 0 Å². The van der Waals surface area contributed by atoms with Gasteiger partial charge in [0.15, 0.2) is 0 Å². The number of benzene rings is 1. The molecule has 124 valence electrons. The molecule has 1 aromatic carbocycles. The summed E-state index contributed by atoms with van der Waals surface area (Å²) in [4.78, 5) is 1.25. The van der Waals surface area contributed by atoms with E-state index in [0.717, 1.165) is 11.2 Å². The molecule has 22 heavy (non-hydrogen) atoms. The maximum Gasteiger partial charge on any atom is 0.243 e. The van der Waals surface area contributed by atoms with Crippen LogP contribution in [0.4, 0.5) is 0 Å². The van der Waals surface area contributed by atoms with Crippen LogP contribution in [0.15, 0.2) is 34.1 Å². The van der Waals surface area contributed by atoms with Crippen LogP contribution >= 0.6 is 11.8 Å². The summed E-state index contributed by atoms with van der Waals surface area (Å²) in [6.45, 7) is 1.07. The lowest BCUT2D eigenvalue weighted by Gasteiger charge is -2.20. The lowest BCUT2D eigenvalue weighted by molar-refractivity contribution is 0.406. The molecular weight excluding hydrogens is 344 g/mol. The second kappa shape index (κ2) is 6.88. The van der Waals surface area contributed by atoms with Crippen molar-refractivity contribution >= 4 is 31.8 Å². The van der Waals surface area contributed by atoms with Crippen molar-refractivity contribution in [3.8, 4) is 0 Å². The predicted octanol–water partition coefficient (Wildman–Crippen LogP) is 1.06. The minimum absolute atomic E-state index is 0.180. The van der Waals surface area contributed by atoms with Crippen LogP contribution in [0.3, 0.4) is 0 Å². The fourth-order valence-electron chi connectivity index (χ4n) is 2.34. The molecule has 1 heterocycles. The Morgan fingerprint density at radius 1 is 0.909 bits per heavy atom. The van der Waals surface area contributed by atoms with Gasteiger partial charge in [0, 0.05) is 31.1 Å². The number of hydrogen-bond acceptors (Lipinski definition) is 5. The van der Waals surface area contributed by atoms with Gasteiger partial charge in [0.2, 0.25) is 20.0 Å². The lowest BCUT2D eigenvalue weighted by Crippen LogP contribution is -2.36. The Kier molecular flexibility index (Phi) is 5.54. The van der Waals surface area contributed by atoms with Gasteiger partial charge < -0.3 is 0 Å². The zero-order valence-electron chi connectivity index (χ0n) is 12.6. The van der Waals surface area contributed by atoms with Crippen molar-refractivity contribution in [2.75, 3.05) is 38.7 Å². The Hall–Kier alpha value is -0.610. The van der Waals surface area contributed by atoms with Gasteiger partial charge in [0.1, 0.15) is 0 Å². The minimum Gasteiger partial charge on any atom is -0.213 e. The van der Waals surface area contributed by atoms with Crippen molar-refractivity contribution in [3.05, 3.63) is 24.3 Å². The third-order valence-electron chi connectivity index (χ3n) is 3.58. The summed E-state index contributed by atoms with van der Waals surface area (Å²) in [6.07, 6.45) is 3.57. The molecule has 0 spiro atoms. The molecule has 0 N–H and O–H groups in total.